The van der Waals surface area contributed by atoms with Crippen LogP contribution in [0.2, 0.25) is 0 Å². The molecule has 3 rings (SSSR count). The standard InChI is InChI=1S/C22H29N3O3.HI/c1-4-23-22(25-10-9-16-7-5-6-8-17(16)15-25)24-14-21(26)18-11-19(27-2)13-20(12-18)28-3;/h5-8,11-13,21,26H,4,9-10,14-15H2,1-3H3,(H,23,24);1H. The zero-order valence-electron chi connectivity index (χ0n) is 17.2. The van der Waals surface area contributed by atoms with Crippen LogP contribution in [-0.4, -0.2) is 49.8 Å². The molecule has 0 saturated heterocycles. The number of hydrogen-bond donors (Lipinski definition) is 2. The molecule has 6 nitrogen and oxygen atoms in total. The van der Waals surface area contributed by atoms with E-state index in [4.69, 9.17) is 14.5 Å². The maximum Gasteiger partial charge on any atom is 0.194 e. The molecule has 1 aliphatic rings. The minimum atomic E-state index is -0.741. The first-order chi connectivity index (χ1) is 13.6. The lowest BCUT2D eigenvalue weighted by molar-refractivity contribution is 0.185. The first-order valence-electron chi connectivity index (χ1n) is 9.65. The van der Waals surface area contributed by atoms with E-state index in [-0.39, 0.29) is 30.5 Å². The van der Waals surface area contributed by atoms with Crippen molar-refractivity contribution in [3.8, 4) is 11.5 Å². The molecule has 0 spiro atoms. The summed E-state index contributed by atoms with van der Waals surface area (Å²) in [4.78, 5) is 6.94. The first-order valence-corrected chi connectivity index (χ1v) is 9.65. The van der Waals surface area contributed by atoms with Gasteiger partial charge in [-0.2, -0.15) is 0 Å². The number of methoxy groups -OCH3 is 2. The molecule has 1 heterocycles. The zero-order chi connectivity index (χ0) is 19.9. The Balaban J connectivity index is 0.00000300. The molecule has 0 saturated carbocycles. The fraction of sp³-hybridized carbons (Fsp3) is 0.409. The summed E-state index contributed by atoms with van der Waals surface area (Å²) in [5.41, 5.74) is 3.45. The predicted molar refractivity (Wildman–Crippen MR) is 126 cm³/mol. The van der Waals surface area contributed by atoms with Crippen molar-refractivity contribution in [2.24, 2.45) is 4.99 Å². The Bertz CT molecular complexity index is 806. The normalized spacial score (nSPS) is 14.5. The van der Waals surface area contributed by atoms with E-state index < -0.39 is 6.10 Å². The first kappa shape index (κ1) is 23.3. The van der Waals surface area contributed by atoms with Crippen molar-refractivity contribution >= 4 is 29.9 Å². The fourth-order valence-corrected chi connectivity index (χ4v) is 3.40. The van der Waals surface area contributed by atoms with Gasteiger partial charge in [0.25, 0.3) is 0 Å². The monoisotopic (exact) mass is 511 g/mol. The molecule has 0 aliphatic carbocycles. The van der Waals surface area contributed by atoms with Crippen molar-refractivity contribution < 1.29 is 14.6 Å². The van der Waals surface area contributed by atoms with Crippen LogP contribution in [0.1, 0.15) is 29.7 Å². The van der Waals surface area contributed by atoms with E-state index in [0.717, 1.165) is 37.6 Å². The van der Waals surface area contributed by atoms with Gasteiger partial charge in [-0.3, -0.25) is 4.99 Å². The summed E-state index contributed by atoms with van der Waals surface area (Å²) >= 11 is 0. The van der Waals surface area contributed by atoms with Crippen LogP contribution in [0.25, 0.3) is 0 Å². The number of ether oxygens (including phenoxy) is 2. The number of hydrogen-bond acceptors (Lipinski definition) is 4. The van der Waals surface area contributed by atoms with Gasteiger partial charge in [-0.05, 0) is 42.2 Å². The lowest BCUT2D eigenvalue weighted by Crippen LogP contribution is -2.44. The van der Waals surface area contributed by atoms with Crippen molar-refractivity contribution in [1.82, 2.24) is 10.2 Å². The summed E-state index contributed by atoms with van der Waals surface area (Å²) in [5, 5.41) is 14.0. The highest BCUT2D eigenvalue weighted by atomic mass is 127. The summed E-state index contributed by atoms with van der Waals surface area (Å²) in [7, 11) is 3.20. The van der Waals surface area contributed by atoms with Crippen LogP contribution in [0.4, 0.5) is 0 Å². The van der Waals surface area contributed by atoms with Gasteiger partial charge in [0, 0.05) is 25.7 Å². The Labute approximate surface area is 190 Å². The van der Waals surface area contributed by atoms with Gasteiger partial charge in [0.1, 0.15) is 11.5 Å². The van der Waals surface area contributed by atoms with Crippen molar-refractivity contribution in [3.05, 3.63) is 59.2 Å². The minimum Gasteiger partial charge on any atom is -0.497 e. The van der Waals surface area contributed by atoms with E-state index in [9.17, 15) is 5.11 Å². The lowest BCUT2D eigenvalue weighted by Gasteiger charge is -2.31. The summed E-state index contributed by atoms with van der Waals surface area (Å²) in [6, 6.07) is 13.9. The number of guanidine groups is 1. The van der Waals surface area contributed by atoms with E-state index in [1.165, 1.54) is 11.1 Å². The van der Waals surface area contributed by atoms with Crippen LogP contribution >= 0.6 is 24.0 Å². The second-order valence-corrected chi connectivity index (χ2v) is 6.80. The molecule has 0 radical (unpaired) electrons. The van der Waals surface area contributed by atoms with Crippen molar-refractivity contribution in [2.75, 3.05) is 33.9 Å². The van der Waals surface area contributed by atoms with E-state index in [1.807, 2.05) is 12.1 Å². The molecule has 1 unspecified atom stereocenters. The molecule has 0 bridgehead atoms. The molecule has 2 aromatic carbocycles. The Morgan fingerprint density at radius 3 is 2.41 bits per heavy atom. The van der Waals surface area contributed by atoms with Crippen LogP contribution in [0, 0.1) is 0 Å². The van der Waals surface area contributed by atoms with Crippen LogP contribution < -0.4 is 14.8 Å². The highest BCUT2D eigenvalue weighted by molar-refractivity contribution is 14.0. The van der Waals surface area contributed by atoms with Gasteiger partial charge in [0.05, 0.1) is 26.9 Å². The van der Waals surface area contributed by atoms with Crippen LogP contribution in [0.3, 0.4) is 0 Å². The van der Waals surface area contributed by atoms with E-state index in [2.05, 4.69) is 41.4 Å². The molecule has 1 atom stereocenters. The number of aliphatic hydroxyl groups excluding tert-OH is 1. The Hall–Kier alpha value is -2.00. The molecular formula is C22H30IN3O3. The van der Waals surface area contributed by atoms with Crippen LogP contribution in [0.15, 0.2) is 47.5 Å². The lowest BCUT2D eigenvalue weighted by atomic mass is 10.0. The molecular weight excluding hydrogens is 481 g/mol. The molecule has 158 valence electrons. The minimum absolute atomic E-state index is 0. The molecule has 2 N–H and O–H groups in total. The number of fused-ring (bicyclic) bond motifs is 1. The Morgan fingerprint density at radius 1 is 1.14 bits per heavy atom. The molecule has 1 aliphatic heterocycles. The number of aliphatic imine (C=N–C) groups is 1. The maximum atomic E-state index is 10.7. The van der Waals surface area contributed by atoms with Crippen molar-refractivity contribution in [1.29, 1.82) is 0 Å². The van der Waals surface area contributed by atoms with E-state index >= 15 is 0 Å². The number of nitrogens with zero attached hydrogens (tertiary/aromatic N) is 2. The molecule has 7 heteroatoms. The Morgan fingerprint density at radius 2 is 1.79 bits per heavy atom. The van der Waals surface area contributed by atoms with Crippen LogP contribution in [0.5, 0.6) is 11.5 Å². The van der Waals surface area contributed by atoms with Crippen molar-refractivity contribution in [3.63, 3.8) is 0 Å². The third kappa shape index (κ3) is 5.99. The van der Waals surface area contributed by atoms with E-state index in [0.29, 0.717) is 11.5 Å². The second-order valence-electron chi connectivity index (χ2n) is 6.80. The summed E-state index contributed by atoms with van der Waals surface area (Å²) in [5.74, 6) is 2.12. The third-order valence-electron chi connectivity index (χ3n) is 4.94. The van der Waals surface area contributed by atoms with E-state index in [1.54, 1.807) is 20.3 Å². The molecule has 2 aromatic rings. The van der Waals surface area contributed by atoms with Gasteiger partial charge in [-0.15, -0.1) is 24.0 Å². The molecule has 0 amide bonds. The van der Waals surface area contributed by atoms with Gasteiger partial charge < -0.3 is 24.8 Å². The summed E-state index contributed by atoms with van der Waals surface area (Å²) in [6.07, 6.45) is 0.255. The Kier molecular flexibility index (Phi) is 9.03. The largest absolute Gasteiger partial charge is 0.497 e. The highest BCUT2D eigenvalue weighted by Crippen LogP contribution is 2.27. The zero-order valence-corrected chi connectivity index (χ0v) is 19.6. The quantitative estimate of drug-likeness (QED) is 0.354. The summed E-state index contributed by atoms with van der Waals surface area (Å²) in [6.45, 7) is 4.82. The van der Waals surface area contributed by atoms with Gasteiger partial charge in [0.2, 0.25) is 0 Å². The third-order valence-corrected chi connectivity index (χ3v) is 4.94. The van der Waals surface area contributed by atoms with Gasteiger partial charge in [-0.1, -0.05) is 24.3 Å². The van der Waals surface area contributed by atoms with Crippen LogP contribution in [-0.2, 0) is 13.0 Å². The number of aliphatic hydroxyl groups is 1. The van der Waals surface area contributed by atoms with Crippen molar-refractivity contribution in [2.45, 2.75) is 26.0 Å². The highest BCUT2D eigenvalue weighted by Gasteiger charge is 2.19. The smallest absolute Gasteiger partial charge is 0.194 e. The SMILES string of the molecule is CCNC(=NCC(O)c1cc(OC)cc(OC)c1)N1CCc2ccccc2C1.I. The predicted octanol–water partition coefficient (Wildman–Crippen LogP) is 3.38. The second kappa shape index (κ2) is 11.3. The average Bonchev–Trinajstić information content (AvgIpc) is 2.75. The number of halogens is 1. The molecule has 0 aromatic heterocycles. The number of benzene rings is 2. The summed E-state index contributed by atoms with van der Waals surface area (Å²) < 4.78 is 10.6. The number of nitrogens with one attached hydrogen (secondary N) is 1. The fourth-order valence-electron chi connectivity index (χ4n) is 3.40. The maximum absolute atomic E-state index is 10.7. The van der Waals surface area contributed by atoms with Gasteiger partial charge in [-0.25, -0.2) is 0 Å². The molecule has 0 fully saturated rings. The average molecular weight is 511 g/mol. The molecule has 29 heavy (non-hydrogen) atoms. The topological polar surface area (TPSA) is 66.3 Å². The number of rotatable bonds is 6. The van der Waals surface area contributed by atoms with Gasteiger partial charge in [0.15, 0.2) is 5.96 Å². The van der Waals surface area contributed by atoms with Gasteiger partial charge >= 0.3 is 0 Å².